The third-order valence-corrected chi connectivity index (χ3v) is 6.32. The molecule has 2 atom stereocenters. The molecule has 0 aromatic rings. The van der Waals surface area contributed by atoms with E-state index in [2.05, 4.69) is 6.92 Å². The number of sulfonamides is 1. The van der Waals surface area contributed by atoms with E-state index in [4.69, 9.17) is 5.73 Å². The Morgan fingerprint density at radius 1 is 1.12 bits per heavy atom. The summed E-state index contributed by atoms with van der Waals surface area (Å²) in [5.74, 6) is 0.386. The van der Waals surface area contributed by atoms with Gasteiger partial charge in [-0.15, -0.1) is 0 Å². The molecule has 1 aliphatic heterocycles. The standard InChI is InChI=1S/C12H24N2O2S/c1-10-7-11(13)9-14(8-10)17(15,16)12-5-3-2-4-6-12/h10-12H,2-9,13H2,1H3. The van der Waals surface area contributed by atoms with Crippen molar-refractivity contribution in [3.8, 4) is 0 Å². The number of rotatable bonds is 2. The maximum absolute atomic E-state index is 12.5. The van der Waals surface area contributed by atoms with Crippen LogP contribution in [0.2, 0.25) is 0 Å². The highest BCUT2D eigenvalue weighted by molar-refractivity contribution is 7.89. The molecule has 0 bridgehead atoms. The zero-order valence-corrected chi connectivity index (χ0v) is 11.5. The van der Waals surface area contributed by atoms with Gasteiger partial charge in [-0.25, -0.2) is 8.42 Å². The Labute approximate surface area is 105 Å². The lowest BCUT2D eigenvalue weighted by Gasteiger charge is -2.37. The number of nitrogens with zero attached hydrogens (tertiary/aromatic N) is 1. The van der Waals surface area contributed by atoms with Gasteiger partial charge in [-0.1, -0.05) is 26.2 Å². The third kappa shape index (κ3) is 3.01. The fourth-order valence-corrected chi connectivity index (χ4v) is 5.34. The van der Waals surface area contributed by atoms with E-state index < -0.39 is 10.0 Å². The lowest BCUT2D eigenvalue weighted by molar-refractivity contribution is 0.250. The highest BCUT2D eigenvalue weighted by atomic mass is 32.2. The largest absolute Gasteiger partial charge is 0.326 e. The van der Waals surface area contributed by atoms with Crippen molar-refractivity contribution in [2.24, 2.45) is 11.7 Å². The van der Waals surface area contributed by atoms with Gasteiger partial charge in [-0.05, 0) is 25.2 Å². The van der Waals surface area contributed by atoms with Crippen LogP contribution in [-0.2, 0) is 10.0 Å². The monoisotopic (exact) mass is 260 g/mol. The van der Waals surface area contributed by atoms with Crippen LogP contribution in [0.5, 0.6) is 0 Å². The summed E-state index contributed by atoms with van der Waals surface area (Å²) in [6.45, 7) is 3.26. The molecule has 0 aromatic heterocycles. The van der Waals surface area contributed by atoms with Crippen molar-refractivity contribution in [1.29, 1.82) is 0 Å². The Kier molecular flexibility index (Phi) is 4.10. The summed E-state index contributed by atoms with van der Waals surface area (Å²) in [7, 11) is -3.10. The first-order chi connectivity index (χ1) is 8.00. The third-order valence-electron chi connectivity index (χ3n) is 3.99. The van der Waals surface area contributed by atoms with Gasteiger partial charge in [0.1, 0.15) is 0 Å². The van der Waals surface area contributed by atoms with Crippen LogP contribution in [0.15, 0.2) is 0 Å². The van der Waals surface area contributed by atoms with Gasteiger partial charge in [-0.3, -0.25) is 0 Å². The second kappa shape index (κ2) is 5.24. The Morgan fingerprint density at radius 3 is 2.35 bits per heavy atom. The summed E-state index contributed by atoms with van der Waals surface area (Å²) in [6.07, 6.45) is 5.90. The van der Waals surface area contributed by atoms with E-state index in [0.29, 0.717) is 19.0 Å². The SMILES string of the molecule is CC1CC(N)CN(S(=O)(=O)C2CCCCC2)C1. The van der Waals surface area contributed by atoms with Crippen LogP contribution < -0.4 is 5.73 Å². The van der Waals surface area contributed by atoms with Gasteiger partial charge in [0.2, 0.25) is 10.0 Å². The molecule has 1 saturated heterocycles. The molecule has 2 aliphatic rings. The van der Waals surface area contributed by atoms with Crippen molar-refractivity contribution in [1.82, 2.24) is 4.31 Å². The van der Waals surface area contributed by atoms with Gasteiger partial charge in [0.15, 0.2) is 0 Å². The molecular formula is C12H24N2O2S. The Hall–Kier alpha value is -0.130. The molecule has 0 amide bonds. The van der Waals surface area contributed by atoms with Gasteiger partial charge < -0.3 is 5.73 Å². The van der Waals surface area contributed by atoms with Gasteiger partial charge in [0.25, 0.3) is 0 Å². The Bertz CT molecular complexity index is 340. The summed E-state index contributed by atoms with van der Waals surface area (Å²) in [4.78, 5) is 0. The van der Waals surface area contributed by atoms with Crippen molar-refractivity contribution in [3.05, 3.63) is 0 Å². The van der Waals surface area contributed by atoms with Crippen molar-refractivity contribution in [2.45, 2.75) is 56.7 Å². The molecule has 2 N–H and O–H groups in total. The normalized spacial score (nSPS) is 33.8. The first-order valence-corrected chi connectivity index (χ1v) is 8.25. The average Bonchev–Trinajstić information content (AvgIpc) is 2.29. The number of piperidine rings is 1. The fourth-order valence-electron chi connectivity index (χ4n) is 3.13. The molecule has 0 radical (unpaired) electrons. The summed E-state index contributed by atoms with van der Waals surface area (Å²) >= 11 is 0. The molecule has 2 fully saturated rings. The molecule has 17 heavy (non-hydrogen) atoms. The summed E-state index contributed by atoms with van der Waals surface area (Å²) in [6, 6.07) is 0.0112. The predicted octanol–water partition coefficient (Wildman–Crippen LogP) is 1.32. The van der Waals surface area contributed by atoms with Crippen LogP contribution in [0, 0.1) is 5.92 Å². The van der Waals surface area contributed by atoms with Crippen molar-refractivity contribution < 1.29 is 8.42 Å². The van der Waals surface area contributed by atoms with Crippen LogP contribution in [0.3, 0.4) is 0 Å². The molecular weight excluding hydrogens is 236 g/mol. The first kappa shape index (κ1) is 13.3. The van der Waals surface area contributed by atoms with Crippen molar-refractivity contribution >= 4 is 10.0 Å². The molecule has 2 rings (SSSR count). The zero-order valence-electron chi connectivity index (χ0n) is 10.6. The van der Waals surface area contributed by atoms with E-state index in [1.807, 2.05) is 0 Å². The molecule has 1 heterocycles. The Morgan fingerprint density at radius 2 is 1.76 bits per heavy atom. The summed E-state index contributed by atoms with van der Waals surface area (Å²) in [5.41, 5.74) is 5.94. The quantitative estimate of drug-likeness (QED) is 0.814. The summed E-state index contributed by atoms with van der Waals surface area (Å²) in [5, 5.41) is -0.145. The molecule has 1 aliphatic carbocycles. The van der Waals surface area contributed by atoms with Crippen LogP contribution in [-0.4, -0.2) is 37.1 Å². The zero-order chi connectivity index (χ0) is 12.5. The maximum atomic E-state index is 12.5. The number of hydrogen-bond donors (Lipinski definition) is 1. The lowest BCUT2D eigenvalue weighted by atomic mass is 9.98. The molecule has 0 spiro atoms. The topological polar surface area (TPSA) is 63.4 Å². The van der Waals surface area contributed by atoms with E-state index in [1.54, 1.807) is 4.31 Å². The molecule has 4 nitrogen and oxygen atoms in total. The van der Waals surface area contributed by atoms with E-state index in [-0.39, 0.29) is 11.3 Å². The van der Waals surface area contributed by atoms with E-state index in [0.717, 1.165) is 32.1 Å². The van der Waals surface area contributed by atoms with Gasteiger partial charge in [0.05, 0.1) is 5.25 Å². The second-order valence-corrected chi connectivity index (χ2v) is 7.94. The van der Waals surface area contributed by atoms with Gasteiger partial charge in [-0.2, -0.15) is 4.31 Å². The van der Waals surface area contributed by atoms with Gasteiger partial charge in [0, 0.05) is 19.1 Å². The molecule has 100 valence electrons. The summed E-state index contributed by atoms with van der Waals surface area (Å²) < 4.78 is 26.7. The minimum Gasteiger partial charge on any atom is -0.326 e. The highest BCUT2D eigenvalue weighted by Gasteiger charge is 2.36. The second-order valence-electron chi connectivity index (χ2n) is 5.72. The first-order valence-electron chi connectivity index (χ1n) is 6.74. The molecule has 5 heteroatoms. The molecule has 0 aromatic carbocycles. The van der Waals surface area contributed by atoms with Gasteiger partial charge >= 0.3 is 0 Å². The average molecular weight is 260 g/mol. The molecule has 2 unspecified atom stereocenters. The lowest BCUT2D eigenvalue weighted by Crippen LogP contribution is -2.51. The Balaban J connectivity index is 2.08. The maximum Gasteiger partial charge on any atom is 0.217 e. The predicted molar refractivity (Wildman–Crippen MR) is 69.1 cm³/mol. The van der Waals surface area contributed by atoms with Crippen molar-refractivity contribution in [2.75, 3.05) is 13.1 Å². The smallest absolute Gasteiger partial charge is 0.217 e. The van der Waals surface area contributed by atoms with E-state index in [1.165, 1.54) is 6.42 Å². The van der Waals surface area contributed by atoms with E-state index in [9.17, 15) is 8.42 Å². The number of nitrogens with two attached hydrogens (primary N) is 1. The minimum absolute atomic E-state index is 0.0112. The highest BCUT2D eigenvalue weighted by Crippen LogP contribution is 2.28. The minimum atomic E-state index is -3.10. The van der Waals surface area contributed by atoms with Crippen LogP contribution in [0.25, 0.3) is 0 Å². The van der Waals surface area contributed by atoms with Crippen LogP contribution in [0.4, 0.5) is 0 Å². The number of hydrogen-bond acceptors (Lipinski definition) is 3. The fraction of sp³-hybridized carbons (Fsp3) is 1.00. The van der Waals surface area contributed by atoms with E-state index >= 15 is 0 Å². The van der Waals surface area contributed by atoms with Crippen molar-refractivity contribution in [3.63, 3.8) is 0 Å². The molecule has 1 saturated carbocycles. The van der Waals surface area contributed by atoms with Crippen LogP contribution >= 0.6 is 0 Å². The van der Waals surface area contributed by atoms with Crippen LogP contribution in [0.1, 0.15) is 45.4 Å².